The molecule has 28 heavy (non-hydrogen) atoms. The first-order valence-electron chi connectivity index (χ1n) is 9.39. The van der Waals surface area contributed by atoms with Gasteiger partial charge in [0, 0.05) is 34.8 Å². The van der Waals surface area contributed by atoms with Gasteiger partial charge in [0.05, 0.1) is 11.9 Å². The normalized spacial score (nSPS) is 17.3. The third-order valence-electron chi connectivity index (χ3n) is 5.22. The number of nitrogen functional groups attached to an aromatic ring is 1. The summed E-state index contributed by atoms with van der Waals surface area (Å²) < 4.78 is 0. The Hall–Kier alpha value is -2.97. The fourth-order valence-electron chi connectivity index (χ4n) is 3.79. The lowest BCUT2D eigenvalue weighted by Gasteiger charge is -2.34. The summed E-state index contributed by atoms with van der Waals surface area (Å²) in [6.07, 6.45) is 5.38. The molecule has 0 radical (unpaired) electrons. The van der Waals surface area contributed by atoms with Crippen molar-refractivity contribution in [2.45, 2.75) is 25.4 Å². The Morgan fingerprint density at radius 1 is 1.14 bits per heavy atom. The molecule has 0 spiro atoms. The Kier molecular flexibility index (Phi) is 4.22. The van der Waals surface area contributed by atoms with Crippen LogP contribution in [-0.2, 0) is 0 Å². The van der Waals surface area contributed by atoms with E-state index in [0.29, 0.717) is 5.13 Å². The van der Waals surface area contributed by atoms with E-state index >= 15 is 0 Å². The van der Waals surface area contributed by atoms with Gasteiger partial charge in [0.15, 0.2) is 0 Å². The number of pyridine rings is 1. The van der Waals surface area contributed by atoms with Gasteiger partial charge in [0.25, 0.3) is 0 Å². The molecule has 4 heterocycles. The van der Waals surface area contributed by atoms with Crippen LogP contribution in [0.25, 0.3) is 32.7 Å². The topological polar surface area (TPSA) is 110 Å². The highest BCUT2D eigenvalue weighted by atomic mass is 32.1. The molecule has 142 valence electrons. The number of nitrogens with two attached hydrogens (primary N) is 2. The Morgan fingerprint density at radius 2 is 2.07 bits per heavy atom. The van der Waals surface area contributed by atoms with Crippen LogP contribution < -0.4 is 16.4 Å². The Bertz CT molecular complexity index is 1130. The van der Waals surface area contributed by atoms with Crippen LogP contribution >= 0.6 is 11.3 Å². The number of anilines is 2. The third kappa shape index (κ3) is 3.00. The number of piperidine rings is 1. The minimum Gasteiger partial charge on any atom is -0.374 e. The number of fused-ring (bicyclic) bond motifs is 1. The molecular formula is C20H21N7S. The van der Waals surface area contributed by atoms with Gasteiger partial charge in [-0.25, -0.2) is 4.98 Å². The summed E-state index contributed by atoms with van der Waals surface area (Å²) in [4.78, 5) is 10.5. The molecule has 1 aliphatic heterocycles. The summed E-state index contributed by atoms with van der Waals surface area (Å²) in [5.74, 6) is 0.937. The van der Waals surface area contributed by atoms with Crippen LogP contribution in [0.1, 0.15) is 19.3 Å². The average molecular weight is 392 g/mol. The second-order valence-corrected chi connectivity index (χ2v) is 8.05. The molecular weight excluding hydrogens is 370 g/mol. The largest absolute Gasteiger partial charge is 0.374 e. The van der Waals surface area contributed by atoms with E-state index in [-0.39, 0.29) is 6.17 Å². The molecule has 0 amide bonds. The van der Waals surface area contributed by atoms with E-state index < -0.39 is 0 Å². The molecule has 0 aliphatic carbocycles. The molecule has 1 aliphatic rings. The fourth-order valence-corrected chi connectivity index (χ4v) is 4.40. The van der Waals surface area contributed by atoms with Crippen LogP contribution in [0.4, 0.5) is 10.9 Å². The van der Waals surface area contributed by atoms with Crippen molar-refractivity contribution in [3.8, 4) is 21.8 Å². The van der Waals surface area contributed by atoms with Gasteiger partial charge in [-0.1, -0.05) is 17.4 Å². The number of nitrogens with zero attached hydrogens (tertiary/aromatic N) is 4. The van der Waals surface area contributed by atoms with Crippen molar-refractivity contribution in [3.63, 3.8) is 0 Å². The van der Waals surface area contributed by atoms with Crippen molar-refractivity contribution >= 4 is 33.2 Å². The Labute approximate surface area is 166 Å². The molecule has 1 atom stereocenters. The zero-order valence-electron chi connectivity index (χ0n) is 15.3. The Balaban J connectivity index is 1.56. The molecule has 4 aromatic rings. The maximum absolute atomic E-state index is 6.31. The van der Waals surface area contributed by atoms with Crippen LogP contribution in [-0.4, -0.2) is 32.9 Å². The zero-order valence-corrected chi connectivity index (χ0v) is 16.1. The van der Waals surface area contributed by atoms with Crippen molar-refractivity contribution < 1.29 is 0 Å². The second kappa shape index (κ2) is 6.88. The number of benzene rings is 1. The molecule has 1 fully saturated rings. The average Bonchev–Trinajstić information content (AvgIpc) is 3.34. The first kappa shape index (κ1) is 17.2. The van der Waals surface area contributed by atoms with Gasteiger partial charge >= 0.3 is 0 Å². The SMILES string of the molecule is Nc1nnc(-c2ccc3[nH]cc(-c4cccc(N5CCCCC5N)n4)c3c2)s1. The van der Waals surface area contributed by atoms with E-state index in [9.17, 15) is 0 Å². The lowest BCUT2D eigenvalue weighted by atomic mass is 10.1. The molecule has 7 nitrogen and oxygen atoms in total. The van der Waals surface area contributed by atoms with Crippen LogP contribution in [0.5, 0.6) is 0 Å². The number of hydrogen-bond acceptors (Lipinski definition) is 7. The van der Waals surface area contributed by atoms with E-state index in [1.807, 2.05) is 30.5 Å². The van der Waals surface area contributed by atoms with Crippen LogP contribution in [0.3, 0.4) is 0 Å². The number of aromatic nitrogens is 4. The van der Waals surface area contributed by atoms with Crippen molar-refractivity contribution in [2.24, 2.45) is 5.73 Å². The number of nitrogens with one attached hydrogen (secondary N) is 1. The summed E-state index contributed by atoms with van der Waals surface area (Å²) in [5.41, 5.74) is 16.1. The van der Waals surface area contributed by atoms with Gasteiger partial charge < -0.3 is 21.4 Å². The van der Waals surface area contributed by atoms with E-state index in [0.717, 1.165) is 57.9 Å². The highest BCUT2D eigenvalue weighted by molar-refractivity contribution is 7.18. The molecule has 5 rings (SSSR count). The molecule has 1 aromatic carbocycles. The summed E-state index contributed by atoms with van der Waals surface area (Å²) >= 11 is 1.38. The molecule has 0 bridgehead atoms. The molecule has 0 saturated carbocycles. The fraction of sp³-hybridized carbons (Fsp3) is 0.250. The van der Waals surface area contributed by atoms with Gasteiger partial charge in [0.2, 0.25) is 5.13 Å². The van der Waals surface area contributed by atoms with E-state index in [1.54, 1.807) is 0 Å². The Morgan fingerprint density at radius 3 is 2.89 bits per heavy atom. The van der Waals surface area contributed by atoms with Gasteiger partial charge in [-0.05, 0) is 49.6 Å². The third-order valence-corrected chi connectivity index (χ3v) is 6.02. The standard InChI is InChI=1S/C20H21N7S/c21-17-5-1-2-9-27(17)18-6-3-4-16(24-18)14-11-23-15-8-7-12(10-13(14)15)19-25-26-20(22)28-19/h3-4,6-8,10-11,17,23H,1-2,5,9,21H2,(H2,22,26). The summed E-state index contributed by atoms with van der Waals surface area (Å²) in [6, 6.07) is 12.3. The van der Waals surface area contributed by atoms with Crippen molar-refractivity contribution in [1.29, 1.82) is 0 Å². The monoisotopic (exact) mass is 391 g/mol. The molecule has 1 saturated heterocycles. The minimum atomic E-state index is 0.0360. The quantitative estimate of drug-likeness (QED) is 0.492. The van der Waals surface area contributed by atoms with Gasteiger partial charge in [-0.2, -0.15) is 0 Å². The number of rotatable bonds is 3. The first-order valence-corrected chi connectivity index (χ1v) is 10.2. The van der Waals surface area contributed by atoms with Gasteiger partial charge in [-0.3, -0.25) is 0 Å². The molecule has 3 aromatic heterocycles. The molecule has 8 heteroatoms. The van der Waals surface area contributed by atoms with Gasteiger partial charge in [-0.15, -0.1) is 10.2 Å². The highest BCUT2D eigenvalue weighted by Gasteiger charge is 2.20. The van der Waals surface area contributed by atoms with Crippen LogP contribution in [0, 0.1) is 0 Å². The van der Waals surface area contributed by atoms with E-state index in [1.165, 1.54) is 17.8 Å². The lowest BCUT2D eigenvalue weighted by molar-refractivity contribution is 0.467. The smallest absolute Gasteiger partial charge is 0.203 e. The number of aromatic amines is 1. The van der Waals surface area contributed by atoms with E-state index in [2.05, 4.69) is 32.2 Å². The van der Waals surface area contributed by atoms with Crippen LogP contribution in [0.15, 0.2) is 42.6 Å². The predicted octanol–water partition coefficient (Wildman–Crippen LogP) is 3.61. The summed E-state index contributed by atoms with van der Waals surface area (Å²) in [6.45, 7) is 0.953. The van der Waals surface area contributed by atoms with Gasteiger partial charge in [0.1, 0.15) is 10.8 Å². The molecule has 5 N–H and O–H groups in total. The van der Waals surface area contributed by atoms with Crippen LogP contribution in [0.2, 0.25) is 0 Å². The maximum atomic E-state index is 6.31. The minimum absolute atomic E-state index is 0.0360. The lowest BCUT2D eigenvalue weighted by Crippen LogP contribution is -2.45. The summed E-state index contributed by atoms with van der Waals surface area (Å²) in [7, 11) is 0. The second-order valence-electron chi connectivity index (χ2n) is 7.05. The number of hydrogen-bond donors (Lipinski definition) is 3. The first-order chi connectivity index (χ1) is 13.7. The zero-order chi connectivity index (χ0) is 19.1. The van der Waals surface area contributed by atoms with Crippen molar-refractivity contribution in [2.75, 3.05) is 17.2 Å². The maximum Gasteiger partial charge on any atom is 0.203 e. The molecule has 1 unspecified atom stereocenters. The van der Waals surface area contributed by atoms with Crippen molar-refractivity contribution in [1.82, 2.24) is 20.2 Å². The summed E-state index contributed by atoms with van der Waals surface area (Å²) in [5, 5.41) is 10.5. The van der Waals surface area contributed by atoms with Crippen molar-refractivity contribution in [3.05, 3.63) is 42.6 Å². The highest BCUT2D eigenvalue weighted by Crippen LogP contribution is 2.33. The van der Waals surface area contributed by atoms with E-state index in [4.69, 9.17) is 16.5 Å². The number of H-pyrrole nitrogens is 1. The predicted molar refractivity (Wildman–Crippen MR) is 114 cm³/mol.